The summed E-state index contributed by atoms with van der Waals surface area (Å²) in [6.07, 6.45) is 0.600. The standard InChI is InChI=1S/C31H35N3O5/c1-32(2)25-13-7-22(8-14-25)31(23-9-15-26(16-10-23)33(3)4)24-11-17-27(18-12-24)38-21-5-6-30(37)39-34-28(35)19-20-29(34)36/h7-18,31H,5-6,19-21H2,1-4H3. The number of hydroxylamine groups is 2. The van der Waals surface area contributed by atoms with Crippen LogP contribution in [-0.2, 0) is 19.2 Å². The quantitative estimate of drug-likeness (QED) is 0.201. The molecular formula is C31H35N3O5. The van der Waals surface area contributed by atoms with Crippen LogP contribution >= 0.6 is 0 Å². The van der Waals surface area contributed by atoms with Gasteiger partial charge in [-0.15, -0.1) is 5.06 Å². The number of hydrogen-bond acceptors (Lipinski definition) is 7. The fourth-order valence-electron chi connectivity index (χ4n) is 4.48. The Balaban J connectivity index is 1.41. The lowest BCUT2D eigenvalue weighted by Gasteiger charge is -2.22. The highest BCUT2D eigenvalue weighted by Gasteiger charge is 2.32. The van der Waals surface area contributed by atoms with Crippen LogP contribution < -0.4 is 14.5 Å². The third-order valence-corrected chi connectivity index (χ3v) is 6.69. The van der Waals surface area contributed by atoms with Crippen molar-refractivity contribution in [1.29, 1.82) is 0 Å². The molecule has 0 radical (unpaired) electrons. The van der Waals surface area contributed by atoms with E-state index >= 15 is 0 Å². The van der Waals surface area contributed by atoms with Gasteiger partial charge >= 0.3 is 5.97 Å². The van der Waals surface area contributed by atoms with Gasteiger partial charge in [0.1, 0.15) is 5.75 Å². The maximum absolute atomic E-state index is 12.0. The summed E-state index contributed by atoms with van der Waals surface area (Å²) in [5, 5.41) is 0.570. The Morgan fingerprint density at radius 3 is 1.62 bits per heavy atom. The second-order valence-electron chi connectivity index (χ2n) is 9.97. The number of carbonyl (C=O) groups is 3. The molecule has 1 saturated heterocycles. The summed E-state index contributed by atoms with van der Waals surface area (Å²) >= 11 is 0. The molecule has 0 N–H and O–H groups in total. The second-order valence-corrected chi connectivity index (χ2v) is 9.97. The summed E-state index contributed by atoms with van der Waals surface area (Å²) in [7, 11) is 8.13. The fraction of sp³-hybridized carbons (Fsp3) is 0.323. The highest BCUT2D eigenvalue weighted by molar-refractivity contribution is 6.01. The van der Waals surface area contributed by atoms with Crippen molar-refractivity contribution in [3.05, 3.63) is 89.5 Å². The van der Waals surface area contributed by atoms with Crippen molar-refractivity contribution in [3.63, 3.8) is 0 Å². The molecule has 0 atom stereocenters. The molecule has 1 heterocycles. The number of benzene rings is 3. The van der Waals surface area contributed by atoms with Crippen molar-refractivity contribution < 1.29 is 24.0 Å². The summed E-state index contributed by atoms with van der Waals surface area (Å²) < 4.78 is 5.83. The topological polar surface area (TPSA) is 79.4 Å². The second kappa shape index (κ2) is 12.5. The molecule has 8 nitrogen and oxygen atoms in total. The molecule has 3 aromatic rings. The lowest BCUT2D eigenvalue weighted by Crippen LogP contribution is -2.32. The lowest BCUT2D eigenvalue weighted by atomic mass is 9.85. The average Bonchev–Trinajstić information content (AvgIpc) is 3.24. The lowest BCUT2D eigenvalue weighted by molar-refractivity contribution is -0.197. The Labute approximate surface area is 229 Å². The Morgan fingerprint density at radius 1 is 0.744 bits per heavy atom. The van der Waals surface area contributed by atoms with Gasteiger partial charge in [-0.05, 0) is 59.5 Å². The predicted molar refractivity (Wildman–Crippen MR) is 151 cm³/mol. The fourth-order valence-corrected chi connectivity index (χ4v) is 4.48. The monoisotopic (exact) mass is 529 g/mol. The normalized spacial score (nSPS) is 13.1. The molecular weight excluding hydrogens is 494 g/mol. The summed E-state index contributed by atoms with van der Waals surface area (Å²) in [6.45, 7) is 0.303. The highest BCUT2D eigenvalue weighted by Crippen LogP contribution is 2.34. The van der Waals surface area contributed by atoms with Crippen LogP contribution in [0.3, 0.4) is 0 Å². The SMILES string of the molecule is CN(C)c1ccc(C(c2ccc(OCCCC(=O)ON3C(=O)CCC3=O)cc2)c2ccc(N(C)C)cc2)cc1. The number of nitrogens with zero attached hydrogens (tertiary/aromatic N) is 3. The van der Waals surface area contributed by atoms with Gasteiger partial charge in [0.2, 0.25) is 0 Å². The zero-order valence-corrected chi connectivity index (χ0v) is 22.9. The zero-order chi connectivity index (χ0) is 27.9. The largest absolute Gasteiger partial charge is 0.494 e. The summed E-state index contributed by atoms with van der Waals surface area (Å²) in [4.78, 5) is 44.2. The maximum Gasteiger partial charge on any atom is 0.333 e. The maximum atomic E-state index is 12.0. The van der Waals surface area contributed by atoms with Crippen molar-refractivity contribution in [2.45, 2.75) is 31.6 Å². The first-order chi connectivity index (χ1) is 18.7. The molecule has 3 aromatic carbocycles. The van der Waals surface area contributed by atoms with E-state index in [0.29, 0.717) is 23.8 Å². The summed E-state index contributed by atoms with van der Waals surface area (Å²) in [5.74, 6) is -0.838. The van der Waals surface area contributed by atoms with Gasteiger partial charge in [-0.2, -0.15) is 0 Å². The van der Waals surface area contributed by atoms with E-state index in [4.69, 9.17) is 9.57 Å². The van der Waals surface area contributed by atoms with E-state index in [-0.39, 0.29) is 25.2 Å². The van der Waals surface area contributed by atoms with Gasteiger partial charge in [-0.25, -0.2) is 4.79 Å². The van der Waals surface area contributed by atoms with Crippen LogP contribution in [0, 0.1) is 0 Å². The first kappa shape index (κ1) is 27.7. The van der Waals surface area contributed by atoms with Gasteiger partial charge in [-0.3, -0.25) is 9.59 Å². The van der Waals surface area contributed by atoms with E-state index in [1.165, 1.54) is 11.1 Å². The van der Waals surface area contributed by atoms with Crippen molar-refractivity contribution in [3.8, 4) is 5.75 Å². The van der Waals surface area contributed by atoms with Crippen LogP contribution in [0.2, 0.25) is 0 Å². The van der Waals surface area contributed by atoms with Gasteiger partial charge in [0.05, 0.1) is 13.0 Å². The smallest absolute Gasteiger partial charge is 0.333 e. The number of anilines is 2. The van der Waals surface area contributed by atoms with E-state index in [1.807, 2.05) is 40.3 Å². The van der Waals surface area contributed by atoms with Gasteiger partial charge in [-0.1, -0.05) is 36.4 Å². The van der Waals surface area contributed by atoms with Crippen molar-refractivity contribution >= 4 is 29.2 Å². The summed E-state index contributed by atoms with van der Waals surface area (Å²) in [6, 6.07) is 25.2. The van der Waals surface area contributed by atoms with Crippen LogP contribution in [0.4, 0.5) is 11.4 Å². The number of carbonyl (C=O) groups excluding carboxylic acids is 3. The van der Waals surface area contributed by atoms with Gasteiger partial charge in [0, 0.05) is 58.3 Å². The molecule has 2 amide bonds. The molecule has 204 valence electrons. The molecule has 4 rings (SSSR count). The first-order valence-electron chi connectivity index (χ1n) is 13.1. The molecule has 0 bridgehead atoms. The average molecular weight is 530 g/mol. The van der Waals surface area contributed by atoms with Gasteiger partial charge in [0.25, 0.3) is 11.8 Å². The molecule has 0 spiro atoms. The number of ether oxygens (including phenoxy) is 1. The molecule has 1 aliphatic rings. The minimum Gasteiger partial charge on any atom is -0.494 e. The minimum atomic E-state index is -0.624. The molecule has 1 fully saturated rings. The van der Waals surface area contributed by atoms with Crippen LogP contribution in [0.1, 0.15) is 48.3 Å². The van der Waals surface area contributed by atoms with Crippen LogP contribution in [0.5, 0.6) is 5.75 Å². The molecule has 0 aliphatic carbocycles. The molecule has 39 heavy (non-hydrogen) atoms. The Morgan fingerprint density at radius 2 is 1.18 bits per heavy atom. The third-order valence-electron chi connectivity index (χ3n) is 6.69. The number of rotatable bonds is 11. The number of imide groups is 1. The molecule has 0 unspecified atom stereocenters. The number of amides is 2. The Hall–Kier alpha value is -4.33. The van der Waals surface area contributed by atoms with Gasteiger partial charge in [0.15, 0.2) is 0 Å². The van der Waals surface area contributed by atoms with E-state index in [9.17, 15) is 14.4 Å². The predicted octanol–water partition coefficient (Wildman–Crippen LogP) is 4.77. The van der Waals surface area contributed by atoms with E-state index in [1.54, 1.807) is 0 Å². The molecule has 0 aromatic heterocycles. The minimum absolute atomic E-state index is 0.0447. The van der Waals surface area contributed by atoms with Crippen LogP contribution in [-0.4, -0.2) is 57.6 Å². The van der Waals surface area contributed by atoms with Crippen LogP contribution in [0.25, 0.3) is 0 Å². The highest BCUT2D eigenvalue weighted by atomic mass is 16.7. The Kier molecular flexibility index (Phi) is 8.86. The van der Waals surface area contributed by atoms with E-state index in [0.717, 1.165) is 16.9 Å². The molecule has 0 saturated carbocycles. The van der Waals surface area contributed by atoms with Crippen molar-refractivity contribution in [2.24, 2.45) is 0 Å². The molecule has 8 heteroatoms. The Bertz CT molecular complexity index is 1220. The zero-order valence-electron chi connectivity index (χ0n) is 22.9. The third kappa shape index (κ3) is 6.96. The number of hydrogen-bond donors (Lipinski definition) is 0. The van der Waals surface area contributed by atoms with E-state index in [2.05, 4.69) is 70.5 Å². The molecule has 1 aliphatic heterocycles. The van der Waals surface area contributed by atoms with Gasteiger partial charge < -0.3 is 19.4 Å². The van der Waals surface area contributed by atoms with Crippen molar-refractivity contribution in [1.82, 2.24) is 5.06 Å². The van der Waals surface area contributed by atoms with E-state index < -0.39 is 17.8 Å². The van der Waals surface area contributed by atoms with Crippen molar-refractivity contribution in [2.75, 3.05) is 44.6 Å². The first-order valence-corrected chi connectivity index (χ1v) is 13.1. The summed E-state index contributed by atoms with van der Waals surface area (Å²) in [5.41, 5.74) is 5.82. The van der Waals surface area contributed by atoms with Crippen LogP contribution in [0.15, 0.2) is 72.8 Å².